The maximum absolute atomic E-state index is 14.2. The fraction of sp³-hybridized carbons (Fsp3) is 0.393. The Hall–Kier alpha value is -3.26. The second-order valence-corrected chi connectivity index (χ2v) is 10.4. The van der Waals surface area contributed by atoms with E-state index in [4.69, 9.17) is 4.74 Å². The Morgan fingerprint density at radius 1 is 1.25 bits per heavy atom. The third-order valence-corrected chi connectivity index (χ3v) is 6.92. The van der Waals surface area contributed by atoms with E-state index in [2.05, 4.69) is 10.3 Å². The molecule has 0 fully saturated rings. The number of nitrogens with one attached hydrogen (secondary N) is 1. The van der Waals surface area contributed by atoms with Crippen LogP contribution in [0.5, 0.6) is 5.75 Å². The van der Waals surface area contributed by atoms with E-state index >= 15 is 0 Å². The summed E-state index contributed by atoms with van der Waals surface area (Å²) in [6, 6.07) is 12.0. The number of carbonyl (C=O) groups is 2. The quantitative estimate of drug-likeness (QED) is 0.412. The van der Waals surface area contributed by atoms with Crippen LogP contribution in [-0.2, 0) is 17.8 Å². The summed E-state index contributed by atoms with van der Waals surface area (Å²) in [5.41, 5.74) is 3.20. The molecule has 2 amide bonds. The maximum Gasteiger partial charge on any atom is 0.270 e. The molecule has 1 aliphatic rings. The second-order valence-electron chi connectivity index (χ2n) is 9.42. The molecule has 36 heavy (non-hydrogen) atoms. The summed E-state index contributed by atoms with van der Waals surface area (Å²) in [6.45, 7) is 7.47. The van der Waals surface area contributed by atoms with E-state index in [1.54, 1.807) is 11.4 Å². The van der Waals surface area contributed by atoms with Crippen LogP contribution in [0.15, 0.2) is 47.8 Å². The van der Waals surface area contributed by atoms with Crippen LogP contribution in [0.25, 0.3) is 0 Å². The van der Waals surface area contributed by atoms with Gasteiger partial charge in [-0.2, -0.15) is 0 Å². The molecule has 0 spiro atoms. The number of hydrogen-bond donors (Lipinski definition) is 1. The smallest absolute Gasteiger partial charge is 0.270 e. The Bertz CT molecular complexity index is 1230. The van der Waals surface area contributed by atoms with Gasteiger partial charge in [-0.1, -0.05) is 39.0 Å². The minimum absolute atomic E-state index is 0.0629. The average Bonchev–Trinajstić information content (AvgIpc) is 3.34. The van der Waals surface area contributed by atoms with E-state index in [1.165, 1.54) is 23.5 Å². The van der Waals surface area contributed by atoms with Crippen LogP contribution in [0, 0.1) is 11.7 Å². The Labute approximate surface area is 215 Å². The number of hydrogen-bond acceptors (Lipinski definition) is 5. The summed E-state index contributed by atoms with van der Waals surface area (Å²) in [5, 5.41) is 5.25. The summed E-state index contributed by atoms with van der Waals surface area (Å²) in [7, 11) is 0. The molecular weight excluding hydrogens is 477 g/mol. The first kappa shape index (κ1) is 25.8. The van der Waals surface area contributed by atoms with Gasteiger partial charge in [-0.25, -0.2) is 9.37 Å². The first-order valence-corrected chi connectivity index (χ1v) is 13.3. The Morgan fingerprint density at radius 3 is 2.83 bits per heavy atom. The van der Waals surface area contributed by atoms with Gasteiger partial charge < -0.3 is 15.0 Å². The van der Waals surface area contributed by atoms with Crippen molar-refractivity contribution in [2.75, 3.05) is 13.1 Å². The minimum Gasteiger partial charge on any atom is -0.486 e. The summed E-state index contributed by atoms with van der Waals surface area (Å²) in [4.78, 5) is 31.6. The van der Waals surface area contributed by atoms with Crippen molar-refractivity contribution in [2.24, 2.45) is 5.92 Å². The average molecular weight is 510 g/mol. The molecule has 0 saturated carbocycles. The molecule has 0 unspecified atom stereocenters. The molecular formula is C28H32FN3O3S. The number of aromatic nitrogens is 1. The van der Waals surface area contributed by atoms with Gasteiger partial charge in [-0.05, 0) is 59.7 Å². The summed E-state index contributed by atoms with van der Waals surface area (Å²) in [5.74, 6) is 0.422. The predicted octanol–water partition coefficient (Wildman–Crippen LogP) is 5.52. The van der Waals surface area contributed by atoms with Gasteiger partial charge in [0, 0.05) is 24.9 Å². The number of fused-ring (bicyclic) bond motifs is 1. The molecule has 3 aromatic rings. The van der Waals surface area contributed by atoms with Gasteiger partial charge in [-0.3, -0.25) is 9.59 Å². The fourth-order valence-corrected chi connectivity index (χ4v) is 5.10. The number of halogens is 1. The van der Waals surface area contributed by atoms with Gasteiger partial charge in [0.2, 0.25) is 5.91 Å². The molecule has 0 saturated heterocycles. The van der Waals surface area contributed by atoms with Crippen molar-refractivity contribution in [3.8, 4) is 5.75 Å². The fourth-order valence-electron chi connectivity index (χ4n) is 4.41. The minimum atomic E-state index is -0.382. The third-order valence-electron chi connectivity index (χ3n) is 6.10. The zero-order chi connectivity index (χ0) is 25.7. The van der Waals surface area contributed by atoms with Crippen molar-refractivity contribution < 1.29 is 18.7 Å². The monoisotopic (exact) mass is 509 g/mol. The van der Waals surface area contributed by atoms with Crippen molar-refractivity contribution in [1.82, 2.24) is 15.2 Å². The summed E-state index contributed by atoms with van der Waals surface area (Å²) >= 11 is 1.38. The van der Waals surface area contributed by atoms with Gasteiger partial charge in [-0.15, -0.1) is 11.3 Å². The molecule has 2 heterocycles. The van der Waals surface area contributed by atoms with Crippen molar-refractivity contribution >= 4 is 23.2 Å². The van der Waals surface area contributed by atoms with E-state index in [1.807, 2.05) is 49.9 Å². The highest BCUT2D eigenvalue weighted by Crippen LogP contribution is 2.38. The van der Waals surface area contributed by atoms with Crippen LogP contribution < -0.4 is 10.1 Å². The number of carbonyl (C=O) groups excluding carboxylic acids is 2. The van der Waals surface area contributed by atoms with Crippen LogP contribution >= 0.6 is 11.3 Å². The lowest BCUT2D eigenvalue weighted by molar-refractivity contribution is -0.134. The highest BCUT2D eigenvalue weighted by Gasteiger charge is 2.32. The number of benzene rings is 2. The van der Waals surface area contributed by atoms with E-state index in [9.17, 15) is 14.0 Å². The first-order valence-electron chi connectivity index (χ1n) is 12.4. The first-order chi connectivity index (χ1) is 17.4. The van der Waals surface area contributed by atoms with Gasteiger partial charge in [0.15, 0.2) is 0 Å². The number of ether oxygens (including phenoxy) is 1. The number of rotatable bonds is 9. The van der Waals surface area contributed by atoms with Crippen LogP contribution in [0.3, 0.4) is 0 Å². The zero-order valence-corrected chi connectivity index (χ0v) is 21.7. The Morgan fingerprint density at radius 2 is 2.08 bits per heavy atom. The van der Waals surface area contributed by atoms with E-state index < -0.39 is 0 Å². The van der Waals surface area contributed by atoms with Crippen molar-refractivity contribution in [3.63, 3.8) is 0 Å². The highest BCUT2D eigenvalue weighted by atomic mass is 32.1. The van der Waals surface area contributed by atoms with Crippen molar-refractivity contribution in [2.45, 2.75) is 52.7 Å². The van der Waals surface area contributed by atoms with Gasteiger partial charge >= 0.3 is 0 Å². The molecule has 1 aromatic heterocycles. The normalized spacial score (nSPS) is 15.0. The van der Waals surface area contributed by atoms with Gasteiger partial charge in [0.1, 0.15) is 28.9 Å². The Kier molecular flexibility index (Phi) is 8.36. The van der Waals surface area contributed by atoms with Gasteiger partial charge in [0.05, 0.1) is 6.04 Å². The SMILES string of the molecule is CCCNC(=O)c1csc(COc2ccc3c(c2)[C@@H](c2cccc(F)c2)N(C(=O)CC(C)C)CC3)n1. The molecule has 0 aliphatic carbocycles. The predicted molar refractivity (Wildman–Crippen MR) is 139 cm³/mol. The van der Waals surface area contributed by atoms with Crippen LogP contribution in [-0.4, -0.2) is 34.8 Å². The molecule has 4 rings (SSSR count). The van der Waals surface area contributed by atoms with Gasteiger partial charge in [0.25, 0.3) is 5.91 Å². The molecule has 1 aliphatic heterocycles. The number of thiazole rings is 1. The molecule has 0 radical (unpaired) electrons. The largest absolute Gasteiger partial charge is 0.486 e. The number of nitrogens with zero attached hydrogens (tertiary/aromatic N) is 2. The van der Waals surface area contributed by atoms with E-state index in [-0.39, 0.29) is 36.2 Å². The molecule has 0 bridgehead atoms. The molecule has 1 N–H and O–H groups in total. The molecule has 1 atom stereocenters. The van der Waals surface area contributed by atoms with Crippen LogP contribution in [0.1, 0.15) is 71.8 Å². The highest BCUT2D eigenvalue weighted by molar-refractivity contribution is 7.09. The Balaban J connectivity index is 1.57. The lowest BCUT2D eigenvalue weighted by atomic mass is 9.87. The van der Waals surface area contributed by atoms with Crippen molar-refractivity contribution in [1.29, 1.82) is 0 Å². The second kappa shape index (κ2) is 11.6. The summed E-state index contributed by atoms with van der Waals surface area (Å²) < 4.78 is 20.2. The van der Waals surface area contributed by atoms with E-state index in [0.29, 0.717) is 36.0 Å². The molecule has 2 aromatic carbocycles. The lowest BCUT2D eigenvalue weighted by Crippen LogP contribution is -2.41. The number of amides is 2. The van der Waals surface area contributed by atoms with E-state index in [0.717, 1.165) is 29.5 Å². The van der Waals surface area contributed by atoms with Crippen LogP contribution in [0.4, 0.5) is 4.39 Å². The molecule has 190 valence electrons. The summed E-state index contributed by atoms with van der Waals surface area (Å²) in [6.07, 6.45) is 2.03. The maximum atomic E-state index is 14.2. The standard InChI is InChI=1S/C28H32FN3O3S/c1-4-11-30-28(34)24-17-36-25(31-24)16-35-22-9-8-19-10-12-32(26(33)13-18(2)3)27(23(19)15-22)20-6-5-7-21(29)14-20/h5-9,14-15,17-18,27H,4,10-13,16H2,1-3H3,(H,30,34)/t27-/m1/s1. The van der Waals surface area contributed by atoms with Crippen LogP contribution in [0.2, 0.25) is 0 Å². The topological polar surface area (TPSA) is 71.5 Å². The zero-order valence-electron chi connectivity index (χ0n) is 20.9. The van der Waals surface area contributed by atoms with Crippen molar-refractivity contribution in [3.05, 3.63) is 81.1 Å². The lowest BCUT2D eigenvalue weighted by Gasteiger charge is -2.38. The third kappa shape index (κ3) is 6.10. The molecule has 6 nitrogen and oxygen atoms in total. The molecule has 8 heteroatoms.